The van der Waals surface area contributed by atoms with Crippen molar-refractivity contribution in [3.8, 4) is 0 Å². The SMILES string of the molecule is C=C(C)C(=O)OCCC[SiH2][SiH2][SiH3].CCO[SiH3]. The maximum absolute atomic E-state index is 10.9. The van der Waals surface area contributed by atoms with Crippen molar-refractivity contribution >= 4 is 43.8 Å². The molecule has 0 unspecified atom stereocenters. The second-order valence-electron chi connectivity index (χ2n) is 3.55. The van der Waals surface area contributed by atoms with Gasteiger partial charge in [0.25, 0.3) is 0 Å². The minimum absolute atomic E-state index is 0.236. The van der Waals surface area contributed by atoms with E-state index >= 15 is 0 Å². The Balaban J connectivity index is 0. The lowest BCUT2D eigenvalue weighted by molar-refractivity contribution is -0.138. The van der Waals surface area contributed by atoms with Crippen LogP contribution in [0.2, 0.25) is 6.04 Å². The molecular formula is C9H26O3Si4. The van der Waals surface area contributed by atoms with Crippen LogP contribution in [0.4, 0.5) is 0 Å². The Labute approximate surface area is 110 Å². The number of hydrogen-bond donors (Lipinski definition) is 0. The number of hydrogen-bond acceptors (Lipinski definition) is 3. The number of rotatable bonds is 7. The highest BCUT2D eigenvalue weighted by Gasteiger charge is 2.01. The van der Waals surface area contributed by atoms with Crippen LogP contribution in [0.1, 0.15) is 20.3 Å². The van der Waals surface area contributed by atoms with Gasteiger partial charge in [-0.1, -0.05) is 12.6 Å². The highest BCUT2D eigenvalue weighted by Crippen LogP contribution is 1.95. The molecule has 0 rings (SSSR count). The van der Waals surface area contributed by atoms with Gasteiger partial charge in [0.05, 0.1) is 6.61 Å². The molecular weight excluding hydrogens is 268 g/mol. The number of carbonyl (C=O) groups is 1. The summed E-state index contributed by atoms with van der Waals surface area (Å²) >= 11 is 0. The van der Waals surface area contributed by atoms with Crippen LogP contribution in [0.25, 0.3) is 0 Å². The van der Waals surface area contributed by atoms with E-state index in [-0.39, 0.29) is 5.97 Å². The summed E-state index contributed by atoms with van der Waals surface area (Å²) in [5.41, 5.74) is 0.504. The molecule has 0 aromatic heterocycles. The van der Waals surface area contributed by atoms with Gasteiger partial charge in [0.1, 0.15) is 10.5 Å². The zero-order chi connectivity index (χ0) is 12.8. The number of esters is 1. The Bertz CT molecular complexity index is 186. The van der Waals surface area contributed by atoms with Crippen molar-refractivity contribution in [3.63, 3.8) is 0 Å². The molecule has 0 bridgehead atoms. The highest BCUT2D eigenvalue weighted by atomic mass is 29.5. The molecule has 96 valence electrons. The first-order valence-electron chi connectivity index (χ1n) is 5.91. The van der Waals surface area contributed by atoms with E-state index in [2.05, 4.69) is 11.0 Å². The van der Waals surface area contributed by atoms with Gasteiger partial charge >= 0.3 is 5.97 Å². The lowest BCUT2D eigenvalue weighted by Gasteiger charge is -2.02. The third-order valence-corrected chi connectivity index (χ3v) is 14.1. The normalized spacial score (nSPS) is 10.9. The van der Waals surface area contributed by atoms with Crippen LogP contribution >= 0.6 is 0 Å². The predicted octanol–water partition coefficient (Wildman–Crippen LogP) is -2.25. The zero-order valence-corrected chi connectivity index (χ0v) is 18.0. The third-order valence-electron chi connectivity index (χ3n) is 1.87. The van der Waals surface area contributed by atoms with E-state index < -0.39 is 0 Å². The van der Waals surface area contributed by atoms with Crippen molar-refractivity contribution in [3.05, 3.63) is 12.2 Å². The first-order valence-corrected chi connectivity index (χ1v) is 17.4. The monoisotopic (exact) mass is 294 g/mol. The smallest absolute Gasteiger partial charge is 0.333 e. The molecule has 0 aromatic carbocycles. The van der Waals surface area contributed by atoms with Gasteiger partial charge in [-0.15, -0.1) is 0 Å². The summed E-state index contributed by atoms with van der Waals surface area (Å²) in [6.07, 6.45) is 1.08. The van der Waals surface area contributed by atoms with E-state index in [4.69, 9.17) is 4.74 Å². The molecule has 0 atom stereocenters. The molecule has 0 aliphatic heterocycles. The second kappa shape index (κ2) is 15.0. The zero-order valence-electron chi connectivity index (χ0n) is 11.2. The second-order valence-corrected chi connectivity index (χ2v) is 20.7. The predicted molar refractivity (Wildman–Crippen MR) is 83.8 cm³/mol. The molecule has 0 N–H and O–H groups in total. The summed E-state index contributed by atoms with van der Waals surface area (Å²) in [6.45, 7) is 8.68. The van der Waals surface area contributed by atoms with Crippen molar-refractivity contribution in [1.82, 2.24) is 0 Å². The van der Waals surface area contributed by atoms with Crippen LogP contribution in [0.15, 0.2) is 12.2 Å². The molecule has 0 saturated heterocycles. The van der Waals surface area contributed by atoms with E-state index in [0.717, 1.165) is 23.5 Å². The summed E-state index contributed by atoms with van der Waals surface area (Å²) in [4.78, 5) is 10.9. The van der Waals surface area contributed by atoms with E-state index in [1.807, 2.05) is 6.92 Å². The summed E-state index contributed by atoms with van der Waals surface area (Å²) in [7, 11) is 3.18. The van der Waals surface area contributed by atoms with E-state index in [9.17, 15) is 4.79 Å². The molecule has 0 heterocycles. The van der Waals surface area contributed by atoms with Crippen molar-refractivity contribution in [2.24, 2.45) is 0 Å². The van der Waals surface area contributed by atoms with Crippen molar-refractivity contribution in [2.45, 2.75) is 26.3 Å². The van der Waals surface area contributed by atoms with Crippen LogP contribution in [0.5, 0.6) is 0 Å². The van der Waals surface area contributed by atoms with Crippen LogP contribution in [-0.2, 0) is 14.0 Å². The summed E-state index contributed by atoms with van der Waals surface area (Å²) in [5, 5.41) is 0. The number of carbonyl (C=O) groups excluding carboxylic acids is 1. The molecule has 0 radical (unpaired) electrons. The minimum atomic E-state index is -0.236. The van der Waals surface area contributed by atoms with Gasteiger partial charge in [0, 0.05) is 21.2 Å². The first kappa shape index (κ1) is 18.4. The fraction of sp³-hybridized carbons (Fsp3) is 0.667. The molecule has 0 aliphatic rings. The third kappa shape index (κ3) is 16.5. The van der Waals surface area contributed by atoms with Crippen LogP contribution in [0.3, 0.4) is 0 Å². The van der Waals surface area contributed by atoms with Crippen LogP contribution < -0.4 is 0 Å². The largest absolute Gasteiger partial charge is 0.462 e. The highest BCUT2D eigenvalue weighted by molar-refractivity contribution is 7.23. The van der Waals surface area contributed by atoms with Gasteiger partial charge in [-0.25, -0.2) is 4.79 Å². The Hall–Kier alpha value is 0.0375. The Morgan fingerprint density at radius 2 is 2.06 bits per heavy atom. The average Bonchev–Trinajstić information content (AvgIpc) is 2.28. The van der Waals surface area contributed by atoms with E-state index in [1.54, 1.807) is 6.92 Å². The molecule has 0 amide bonds. The van der Waals surface area contributed by atoms with Gasteiger partial charge in [-0.3, -0.25) is 0 Å². The Kier molecular flexibility index (Phi) is 17.3. The van der Waals surface area contributed by atoms with Gasteiger partial charge in [0.2, 0.25) is 0 Å². The van der Waals surface area contributed by atoms with E-state index in [0.29, 0.717) is 29.8 Å². The Morgan fingerprint density at radius 3 is 2.44 bits per heavy atom. The topological polar surface area (TPSA) is 35.5 Å². The molecule has 0 saturated carbocycles. The quantitative estimate of drug-likeness (QED) is 0.230. The molecule has 0 fully saturated rings. The molecule has 0 spiro atoms. The maximum Gasteiger partial charge on any atom is 0.333 e. The summed E-state index contributed by atoms with van der Waals surface area (Å²) in [5.74, 6) is -0.236. The standard InChI is InChI=1S/C7H18O2Si3.C2H8OSi/c1-6(2)7(8)9-4-3-5-11-12-10;1-2-3-4/h1,3-5,11-12H2,2,10H3;2H2,1,4H3. The Morgan fingerprint density at radius 1 is 1.50 bits per heavy atom. The van der Waals surface area contributed by atoms with Crippen LogP contribution in [-0.4, -0.2) is 57.0 Å². The van der Waals surface area contributed by atoms with E-state index in [1.165, 1.54) is 15.8 Å². The lowest BCUT2D eigenvalue weighted by Crippen LogP contribution is -2.08. The van der Waals surface area contributed by atoms with Crippen molar-refractivity contribution < 1.29 is 14.0 Å². The summed E-state index contributed by atoms with van der Waals surface area (Å²) < 4.78 is 9.64. The van der Waals surface area contributed by atoms with Gasteiger partial charge < -0.3 is 9.16 Å². The molecule has 3 nitrogen and oxygen atoms in total. The molecule has 16 heavy (non-hydrogen) atoms. The molecule has 0 aliphatic carbocycles. The number of ether oxygens (including phenoxy) is 1. The lowest BCUT2D eigenvalue weighted by atomic mass is 10.4. The molecule has 7 heteroatoms. The van der Waals surface area contributed by atoms with Gasteiger partial charge in [-0.05, 0) is 38.6 Å². The summed E-state index contributed by atoms with van der Waals surface area (Å²) in [6, 6.07) is 1.37. The van der Waals surface area contributed by atoms with Gasteiger partial charge in [-0.2, -0.15) is 0 Å². The average molecular weight is 295 g/mol. The van der Waals surface area contributed by atoms with Crippen LogP contribution in [0, 0.1) is 0 Å². The fourth-order valence-electron chi connectivity index (χ4n) is 0.817. The minimum Gasteiger partial charge on any atom is -0.462 e. The van der Waals surface area contributed by atoms with Gasteiger partial charge in [0.15, 0.2) is 0 Å². The first-order chi connectivity index (χ1) is 7.59. The maximum atomic E-state index is 10.9. The van der Waals surface area contributed by atoms with Crippen molar-refractivity contribution in [1.29, 1.82) is 0 Å². The molecule has 0 aromatic rings. The fourth-order valence-corrected chi connectivity index (χ4v) is 8.94. The van der Waals surface area contributed by atoms with Crippen molar-refractivity contribution in [2.75, 3.05) is 13.2 Å².